The van der Waals surface area contributed by atoms with Gasteiger partial charge in [0.2, 0.25) is 0 Å². The number of primary amides is 1. The van der Waals surface area contributed by atoms with Crippen LogP contribution >= 0.6 is 11.3 Å². The van der Waals surface area contributed by atoms with Gasteiger partial charge in [-0.15, -0.1) is 11.3 Å². The van der Waals surface area contributed by atoms with Crippen LogP contribution in [0.15, 0.2) is 34.5 Å². The van der Waals surface area contributed by atoms with E-state index >= 15 is 0 Å². The van der Waals surface area contributed by atoms with E-state index in [1.54, 1.807) is 0 Å². The minimum absolute atomic E-state index is 0.125. The number of hydrogen-bond acceptors (Lipinski definition) is 6. The first-order valence-corrected chi connectivity index (χ1v) is 10.7. The molecule has 158 valence electrons. The van der Waals surface area contributed by atoms with Crippen molar-refractivity contribution in [2.75, 3.05) is 12.4 Å². The van der Waals surface area contributed by atoms with Crippen LogP contribution in [0.2, 0.25) is 0 Å². The molecule has 1 atom stereocenters. The van der Waals surface area contributed by atoms with Crippen LogP contribution in [-0.2, 0) is 16.2 Å². The van der Waals surface area contributed by atoms with Crippen molar-refractivity contribution in [3.63, 3.8) is 0 Å². The molecule has 1 aromatic heterocycles. The molecule has 0 spiro atoms. The summed E-state index contributed by atoms with van der Waals surface area (Å²) in [4.78, 5) is 11.7. The Bertz CT molecular complexity index is 1030. The molecule has 1 aromatic carbocycles. The Hall–Kier alpha value is -2.15. The number of rotatable bonds is 7. The van der Waals surface area contributed by atoms with Crippen molar-refractivity contribution in [3.8, 4) is 0 Å². The first kappa shape index (κ1) is 21.6. The zero-order valence-electron chi connectivity index (χ0n) is 15.1. The lowest BCUT2D eigenvalue weighted by Crippen LogP contribution is -2.28. The largest absolute Gasteiger partial charge is 0.416 e. The van der Waals surface area contributed by atoms with Crippen molar-refractivity contribution < 1.29 is 31.5 Å². The van der Waals surface area contributed by atoms with Gasteiger partial charge in [-0.1, -0.05) is 18.2 Å². The summed E-state index contributed by atoms with van der Waals surface area (Å²) in [5, 5.41) is 12.6. The second kappa shape index (κ2) is 7.59. The highest BCUT2D eigenvalue weighted by atomic mass is 32.2. The van der Waals surface area contributed by atoms with E-state index < -0.39 is 39.5 Å². The average molecular weight is 449 g/mol. The van der Waals surface area contributed by atoms with Crippen LogP contribution in [0.1, 0.15) is 40.6 Å². The lowest BCUT2D eigenvalue weighted by atomic mass is 10.1. The standard InChI is InChI=1S/C17H18F3N3O4S2/c1-23(9-6-7-9)29(26,27)13-8-11(14(21)24)16(28-13)22-15(25)10-4-2-3-5-12(10)17(18,19)20/h2-5,8-9,15,22,25H,6-7H2,1H3,(H2,21,24). The number of anilines is 1. The number of benzene rings is 1. The number of thiophene rings is 1. The van der Waals surface area contributed by atoms with Crippen molar-refractivity contribution in [2.45, 2.75) is 35.5 Å². The monoisotopic (exact) mass is 449 g/mol. The van der Waals surface area contributed by atoms with E-state index in [1.165, 1.54) is 23.5 Å². The molecule has 0 aliphatic heterocycles. The summed E-state index contributed by atoms with van der Waals surface area (Å²) in [7, 11) is -2.49. The fourth-order valence-corrected chi connectivity index (χ4v) is 5.75. The lowest BCUT2D eigenvalue weighted by molar-refractivity contribution is -0.139. The zero-order valence-corrected chi connectivity index (χ0v) is 16.7. The van der Waals surface area contributed by atoms with E-state index in [0.29, 0.717) is 11.3 Å². The van der Waals surface area contributed by atoms with Gasteiger partial charge >= 0.3 is 6.18 Å². The highest BCUT2D eigenvalue weighted by Crippen LogP contribution is 2.39. The minimum atomic E-state index is -4.71. The second-order valence-electron chi connectivity index (χ2n) is 6.56. The van der Waals surface area contributed by atoms with Crippen LogP contribution < -0.4 is 11.1 Å². The van der Waals surface area contributed by atoms with Crippen molar-refractivity contribution in [3.05, 3.63) is 47.0 Å². The molecule has 7 nitrogen and oxygen atoms in total. The molecule has 1 aliphatic carbocycles. The summed E-state index contributed by atoms with van der Waals surface area (Å²) in [6.45, 7) is 0. The molecule has 1 amide bonds. The Labute approximate surface area is 169 Å². The molecule has 1 heterocycles. The van der Waals surface area contributed by atoms with Gasteiger partial charge in [0.1, 0.15) is 9.21 Å². The van der Waals surface area contributed by atoms with Crippen molar-refractivity contribution in [1.29, 1.82) is 0 Å². The third kappa shape index (κ3) is 4.39. The van der Waals surface area contributed by atoms with Gasteiger partial charge in [-0.3, -0.25) is 4.79 Å². The van der Waals surface area contributed by atoms with Crippen molar-refractivity contribution in [1.82, 2.24) is 4.31 Å². The average Bonchev–Trinajstić information content (AvgIpc) is 3.39. The summed E-state index contributed by atoms with van der Waals surface area (Å²) in [5.74, 6) is -0.976. The van der Waals surface area contributed by atoms with Crippen LogP contribution in [0.5, 0.6) is 0 Å². The molecule has 1 saturated carbocycles. The SMILES string of the molecule is CN(C1CC1)S(=O)(=O)c1cc(C(N)=O)c(NC(O)c2ccccc2C(F)(F)F)s1. The molecular weight excluding hydrogens is 431 g/mol. The second-order valence-corrected chi connectivity index (χ2v) is 9.83. The Morgan fingerprint density at radius 2 is 1.97 bits per heavy atom. The summed E-state index contributed by atoms with van der Waals surface area (Å²) < 4.78 is 65.9. The zero-order chi connectivity index (χ0) is 21.6. The first-order chi connectivity index (χ1) is 13.4. The van der Waals surface area contributed by atoms with E-state index in [9.17, 15) is 31.5 Å². The van der Waals surface area contributed by atoms with E-state index in [2.05, 4.69) is 5.32 Å². The van der Waals surface area contributed by atoms with Gasteiger partial charge in [0.05, 0.1) is 11.1 Å². The molecule has 29 heavy (non-hydrogen) atoms. The third-order valence-electron chi connectivity index (χ3n) is 4.50. The number of aliphatic hydroxyl groups is 1. The molecule has 3 rings (SSSR count). The number of carbonyl (C=O) groups excluding carboxylic acids is 1. The van der Waals surface area contributed by atoms with E-state index in [1.807, 2.05) is 0 Å². The maximum atomic E-state index is 13.2. The van der Waals surface area contributed by atoms with Gasteiger partial charge in [-0.2, -0.15) is 17.5 Å². The smallest absolute Gasteiger partial charge is 0.369 e. The lowest BCUT2D eigenvalue weighted by Gasteiger charge is -2.19. The minimum Gasteiger partial charge on any atom is -0.369 e. The van der Waals surface area contributed by atoms with Crippen LogP contribution in [0, 0.1) is 0 Å². The molecule has 0 bridgehead atoms. The molecule has 2 aromatic rings. The van der Waals surface area contributed by atoms with E-state index in [4.69, 9.17) is 5.73 Å². The molecule has 0 radical (unpaired) electrons. The van der Waals surface area contributed by atoms with Crippen LogP contribution in [0.3, 0.4) is 0 Å². The van der Waals surface area contributed by atoms with Gasteiger partial charge in [0.25, 0.3) is 15.9 Å². The third-order valence-corrected chi connectivity index (χ3v) is 7.92. The predicted molar refractivity (Wildman–Crippen MR) is 101 cm³/mol. The van der Waals surface area contributed by atoms with E-state index in [0.717, 1.165) is 31.0 Å². The molecule has 1 fully saturated rings. The predicted octanol–water partition coefficient (Wildman–Crippen LogP) is 2.75. The number of alkyl halides is 3. The Morgan fingerprint density at radius 3 is 2.52 bits per heavy atom. The van der Waals surface area contributed by atoms with Crippen molar-refractivity contribution in [2.24, 2.45) is 5.73 Å². The number of nitrogens with two attached hydrogens (primary N) is 1. The summed E-state index contributed by atoms with van der Waals surface area (Å²) in [6, 6.07) is 5.32. The Kier molecular flexibility index (Phi) is 5.64. The maximum Gasteiger partial charge on any atom is 0.416 e. The highest BCUT2D eigenvalue weighted by molar-refractivity contribution is 7.91. The molecule has 4 N–H and O–H groups in total. The first-order valence-electron chi connectivity index (χ1n) is 8.45. The highest BCUT2D eigenvalue weighted by Gasteiger charge is 2.37. The normalized spacial score (nSPS) is 16.1. The quantitative estimate of drug-likeness (QED) is 0.563. The molecule has 1 unspecified atom stereocenters. The van der Waals surface area contributed by atoms with Gasteiger partial charge in [-0.25, -0.2) is 8.42 Å². The Morgan fingerprint density at radius 1 is 1.34 bits per heavy atom. The number of nitrogens with zero attached hydrogens (tertiary/aromatic N) is 1. The van der Waals surface area contributed by atoms with Crippen LogP contribution in [0.25, 0.3) is 0 Å². The number of aliphatic hydroxyl groups excluding tert-OH is 1. The number of sulfonamides is 1. The van der Waals surface area contributed by atoms with Crippen LogP contribution in [0.4, 0.5) is 18.2 Å². The molecular formula is C17H18F3N3O4S2. The summed E-state index contributed by atoms with van der Waals surface area (Å²) >= 11 is 0.622. The van der Waals surface area contributed by atoms with Crippen molar-refractivity contribution >= 4 is 32.3 Å². The molecule has 0 saturated heterocycles. The number of amides is 1. The Balaban J connectivity index is 1.96. The molecule has 12 heteroatoms. The van der Waals surface area contributed by atoms with E-state index in [-0.39, 0.29) is 20.8 Å². The summed E-state index contributed by atoms with van der Waals surface area (Å²) in [5.41, 5.74) is 3.53. The number of halogens is 3. The van der Waals surface area contributed by atoms with Gasteiger partial charge < -0.3 is 16.2 Å². The number of carbonyl (C=O) groups is 1. The molecule has 1 aliphatic rings. The maximum absolute atomic E-state index is 13.2. The van der Waals surface area contributed by atoms with Gasteiger partial charge in [0, 0.05) is 18.7 Å². The van der Waals surface area contributed by atoms with Gasteiger partial charge in [0.15, 0.2) is 6.23 Å². The van der Waals surface area contributed by atoms with Crippen LogP contribution in [-0.4, -0.2) is 36.8 Å². The fraction of sp³-hybridized carbons (Fsp3) is 0.353. The number of nitrogens with one attached hydrogen (secondary N) is 1. The fourth-order valence-electron chi connectivity index (χ4n) is 2.76. The number of hydrogen-bond donors (Lipinski definition) is 3. The topological polar surface area (TPSA) is 113 Å². The summed E-state index contributed by atoms with van der Waals surface area (Å²) in [6.07, 6.45) is -5.10. The van der Waals surface area contributed by atoms with Gasteiger partial charge in [-0.05, 0) is 25.0 Å².